The summed E-state index contributed by atoms with van der Waals surface area (Å²) in [5, 5.41) is 17.0. The maximum Gasteiger partial charge on any atom is 0.263 e. The number of hydrogen-bond donors (Lipinski definition) is 1. The fourth-order valence-corrected chi connectivity index (χ4v) is 3.40. The van der Waals surface area contributed by atoms with Gasteiger partial charge in [-0.1, -0.05) is 22.9 Å². The van der Waals surface area contributed by atoms with Crippen LogP contribution in [0.15, 0.2) is 23.1 Å². The van der Waals surface area contributed by atoms with Crippen molar-refractivity contribution in [2.75, 3.05) is 4.72 Å². The van der Waals surface area contributed by atoms with Gasteiger partial charge in [-0.25, -0.2) is 8.42 Å². The standard InChI is InChI=1S/C10H7ClN4O2S2/c1-6-13-14-10(18-6)15-19(16,17)8-3-2-7(5-12)9(11)4-8/h2-4H,1H3,(H,14,15). The molecule has 0 fully saturated rings. The number of benzene rings is 1. The summed E-state index contributed by atoms with van der Waals surface area (Å²) in [5.41, 5.74) is 0.215. The number of hydrogen-bond acceptors (Lipinski definition) is 6. The van der Waals surface area contributed by atoms with Gasteiger partial charge in [0.15, 0.2) is 0 Å². The highest BCUT2D eigenvalue weighted by Gasteiger charge is 2.17. The molecule has 0 saturated carbocycles. The molecule has 9 heteroatoms. The number of halogens is 1. The molecule has 98 valence electrons. The molecule has 0 aliphatic carbocycles. The molecule has 0 aliphatic rings. The first-order chi connectivity index (χ1) is 8.92. The maximum atomic E-state index is 12.0. The summed E-state index contributed by atoms with van der Waals surface area (Å²) < 4.78 is 26.4. The van der Waals surface area contributed by atoms with Gasteiger partial charge in [0, 0.05) is 0 Å². The first-order valence-electron chi connectivity index (χ1n) is 4.95. The summed E-state index contributed by atoms with van der Waals surface area (Å²) in [6.07, 6.45) is 0. The lowest BCUT2D eigenvalue weighted by atomic mass is 10.2. The summed E-state index contributed by atoms with van der Waals surface area (Å²) in [5.74, 6) is 0. The summed E-state index contributed by atoms with van der Waals surface area (Å²) in [6.45, 7) is 1.72. The number of nitrogens with one attached hydrogen (secondary N) is 1. The highest BCUT2D eigenvalue weighted by atomic mass is 35.5. The predicted molar refractivity (Wildman–Crippen MR) is 71.6 cm³/mol. The molecule has 0 saturated heterocycles. The molecular weight excluding hydrogens is 308 g/mol. The van der Waals surface area contributed by atoms with Gasteiger partial charge in [0.05, 0.1) is 15.5 Å². The van der Waals surface area contributed by atoms with Crippen LogP contribution in [0.3, 0.4) is 0 Å². The van der Waals surface area contributed by atoms with Crippen LogP contribution in [0, 0.1) is 18.3 Å². The number of nitrogens with zero attached hydrogens (tertiary/aromatic N) is 3. The monoisotopic (exact) mass is 314 g/mol. The van der Waals surface area contributed by atoms with Gasteiger partial charge in [-0.3, -0.25) is 4.72 Å². The van der Waals surface area contributed by atoms with Crippen LogP contribution >= 0.6 is 22.9 Å². The third kappa shape index (κ3) is 3.01. The predicted octanol–water partition coefficient (Wildman–Crippen LogP) is 2.17. The normalized spacial score (nSPS) is 11.0. The molecule has 19 heavy (non-hydrogen) atoms. The number of nitriles is 1. The van der Waals surface area contributed by atoms with E-state index in [-0.39, 0.29) is 20.6 Å². The SMILES string of the molecule is Cc1nnc(NS(=O)(=O)c2ccc(C#N)c(Cl)c2)s1. The van der Waals surface area contributed by atoms with Gasteiger partial charge >= 0.3 is 0 Å². The van der Waals surface area contributed by atoms with Crippen LogP contribution in [-0.2, 0) is 10.0 Å². The number of rotatable bonds is 3. The Hall–Kier alpha value is -1.69. The van der Waals surface area contributed by atoms with Gasteiger partial charge in [-0.2, -0.15) is 5.26 Å². The Labute approximate surface area is 118 Å². The number of aryl methyl sites for hydroxylation is 1. The lowest BCUT2D eigenvalue weighted by molar-refractivity contribution is 0.601. The summed E-state index contributed by atoms with van der Waals surface area (Å²) in [7, 11) is -3.78. The van der Waals surface area contributed by atoms with Crippen molar-refractivity contribution >= 4 is 38.1 Å². The molecule has 0 unspecified atom stereocenters. The minimum atomic E-state index is -3.78. The molecule has 1 aromatic carbocycles. The van der Waals surface area contributed by atoms with Crippen LogP contribution in [0.1, 0.15) is 10.6 Å². The highest BCUT2D eigenvalue weighted by molar-refractivity contribution is 7.93. The molecular formula is C10H7ClN4O2S2. The van der Waals surface area contributed by atoms with Crippen LogP contribution in [-0.4, -0.2) is 18.6 Å². The van der Waals surface area contributed by atoms with E-state index < -0.39 is 10.0 Å². The number of anilines is 1. The average molecular weight is 315 g/mol. The van der Waals surface area contributed by atoms with Crippen molar-refractivity contribution in [1.29, 1.82) is 5.26 Å². The smallest absolute Gasteiger partial charge is 0.253 e. The zero-order chi connectivity index (χ0) is 14.0. The van der Waals surface area contributed by atoms with Crippen LogP contribution in [0.2, 0.25) is 5.02 Å². The second-order valence-corrected chi connectivity index (χ2v) is 6.76. The van der Waals surface area contributed by atoms with E-state index in [9.17, 15) is 8.42 Å². The second kappa shape index (κ2) is 5.13. The van der Waals surface area contributed by atoms with Gasteiger partial charge in [0.1, 0.15) is 11.1 Å². The van der Waals surface area contributed by atoms with E-state index in [4.69, 9.17) is 16.9 Å². The molecule has 2 aromatic rings. The Morgan fingerprint density at radius 1 is 1.42 bits per heavy atom. The first kappa shape index (κ1) is 13.7. The first-order valence-corrected chi connectivity index (χ1v) is 7.63. The quantitative estimate of drug-likeness (QED) is 0.936. The zero-order valence-electron chi connectivity index (χ0n) is 9.58. The van der Waals surface area contributed by atoms with Gasteiger partial charge in [-0.15, -0.1) is 10.2 Å². The molecule has 6 nitrogen and oxygen atoms in total. The zero-order valence-corrected chi connectivity index (χ0v) is 12.0. The van der Waals surface area contributed by atoms with Crippen LogP contribution in [0.4, 0.5) is 5.13 Å². The molecule has 0 atom stereocenters. The highest BCUT2D eigenvalue weighted by Crippen LogP contribution is 2.23. The Kier molecular flexibility index (Phi) is 3.71. The van der Waals surface area contributed by atoms with Crippen LogP contribution < -0.4 is 4.72 Å². The van der Waals surface area contributed by atoms with E-state index >= 15 is 0 Å². The topological polar surface area (TPSA) is 95.7 Å². The van der Waals surface area contributed by atoms with Gasteiger partial charge in [0.2, 0.25) is 5.13 Å². The Bertz CT molecular complexity index is 764. The largest absolute Gasteiger partial charge is 0.263 e. The van der Waals surface area contributed by atoms with Gasteiger partial charge < -0.3 is 0 Å². The summed E-state index contributed by atoms with van der Waals surface area (Å²) in [4.78, 5) is -0.0376. The second-order valence-electron chi connectivity index (χ2n) is 3.49. The molecule has 1 heterocycles. The van der Waals surface area contributed by atoms with E-state index in [1.54, 1.807) is 6.92 Å². The fourth-order valence-electron chi connectivity index (χ4n) is 1.27. The summed E-state index contributed by atoms with van der Waals surface area (Å²) >= 11 is 6.93. The third-order valence-corrected chi connectivity index (χ3v) is 4.65. The lowest BCUT2D eigenvalue weighted by Crippen LogP contribution is -2.12. The van der Waals surface area contributed by atoms with Crippen LogP contribution in [0.5, 0.6) is 0 Å². The molecule has 1 N–H and O–H groups in total. The van der Waals surface area contributed by atoms with Crippen molar-refractivity contribution in [3.63, 3.8) is 0 Å². The number of aromatic nitrogens is 2. The average Bonchev–Trinajstić information content (AvgIpc) is 2.73. The summed E-state index contributed by atoms with van der Waals surface area (Å²) in [6, 6.07) is 5.73. The minimum absolute atomic E-state index is 0.0376. The van der Waals surface area contributed by atoms with Crippen molar-refractivity contribution in [3.05, 3.63) is 33.8 Å². The Morgan fingerprint density at radius 3 is 2.68 bits per heavy atom. The van der Waals surface area contributed by atoms with Crippen LogP contribution in [0.25, 0.3) is 0 Å². The van der Waals surface area contributed by atoms with Gasteiger partial charge in [-0.05, 0) is 25.1 Å². The van der Waals surface area contributed by atoms with E-state index in [0.29, 0.717) is 5.01 Å². The van der Waals surface area contributed by atoms with Crippen molar-refractivity contribution < 1.29 is 8.42 Å². The molecule has 0 aliphatic heterocycles. The molecule has 0 spiro atoms. The third-order valence-electron chi connectivity index (χ3n) is 2.12. The Balaban J connectivity index is 2.35. The minimum Gasteiger partial charge on any atom is -0.253 e. The van der Waals surface area contributed by atoms with Crippen molar-refractivity contribution in [2.45, 2.75) is 11.8 Å². The Morgan fingerprint density at radius 2 is 2.16 bits per heavy atom. The fraction of sp³-hybridized carbons (Fsp3) is 0.100. The lowest BCUT2D eigenvalue weighted by Gasteiger charge is -2.05. The van der Waals surface area contributed by atoms with E-state index in [1.807, 2.05) is 6.07 Å². The van der Waals surface area contributed by atoms with E-state index in [2.05, 4.69) is 14.9 Å². The molecule has 2 rings (SSSR count). The van der Waals surface area contributed by atoms with Crippen molar-refractivity contribution in [2.24, 2.45) is 0 Å². The molecule has 0 radical (unpaired) electrons. The number of sulfonamides is 1. The van der Waals surface area contributed by atoms with Gasteiger partial charge in [0.25, 0.3) is 10.0 Å². The molecule has 1 aromatic heterocycles. The van der Waals surface area contributed by atoms with Crippen molar-refractivity contribution in [3.8, 4) is 6.07 Å². The molecule has 0 bridgehead atoms. The molecule has 0 amide bonds. The van der Waals surface area contributed by atoms with Crippen molar-refractivity contribution in [1.82, 2.24) is 10.2 Å². The maximum absolute atomic E-state index is 12.0. The van der Waals surface area contributed by atoms with E-state index in [0.717, 1.165) is 11.3 Å². The van der Waals surface area contributed by atoms with E-state index in [1.165, 1.54) is 18.2 Å².